The second-order valence-corrected chi connectivity index (χ2v) is 5.59. The van der Waals surface area contributed by atoms with E-state index >= 15 is 0 Å². The highest BCUT2D eigenvalue weighted by atomic mass is 32.2. The Hall–Kier alpha value is -1.78. The molecule has 22 heavy (non-hydrogen) atoms. The molecule has 0 aromatic heterocycles. The average molecular weight is 316 g/mol. The van der Waals surface area contributed by atoms with Crippen LogP contribution in [0.2, 0.25) is 0 Å². The smallest absolute Gasteiger partial charge is 0.229 e. The Kier molecular flexibility index (Phi) is 9.83. The Morgan fingerprint density at radius 2 is 1.41 bits per heavy atom. The van der Waals surface area contributed by atoms with Crippen LogP contribution in [0, 0.1) is 0 Å². The molecule has 0 bridgehead atoms. The maximum Gasteiger partial charge on any atom is 0.229 e. The van der Waals surface area contributed by atoms with Crippen molar-refractivity contribution < 1.29 is 4.79 Å². The standard InChI is InChI=1S/C12H10.C5H9NOS.CH5N/c1-3-7-11(8-4-1)12-9-5-2-6-10-12;7-5-4-8-3-1-2-6-5;1-2/h1-10H;1-4H2,(H,6,7);2H2,1H3. The number of benzene rings is 2. The van der Waals surface area contributed by atoms with Crippen molar-refractivity contribution in [1.82, 2.24) is 5.32 Å². The molecule has 118 valence electrons. The SMILES string of the molecule is CN.O=C1CSCCCN1.c1ccc(-c2ccccc2)cc1. The predicted molar refractivity (Wildman–Crippen MR) is 96.9 cm³/mol. The van der Waals surface area contributed by atoms with E-state index in [1.807, 2.05) is 12.1 Å². The summed E-state index contributed by atoms with van der Waals surface area (Å²) >= 11 is 1.71. The molecular formula is C18H24N2OS. The summed E-state index contributed by atoms with van der Waals surface area (Å²) in [6.07, 6.45) is 1.12. The minimum atomic E-state index is 0.188. The molecule has 0 radical (unpaired) electrons. The lowest BCUT2D eigenvalue weighted by molar-refractivity contribution is -0.118. The zero-order valence-corrected chi connectivity index (χ0v) is 13.8. The number of amides is 1. The third kappa shape index (κ3) is 7.29. The molecule has 2 aromatic carbocycles. The summed E-state index contributed by atoms with van der Waals surface area (Å²) < 4.78 is 0. The highest BCUT2D eigenvalue weighted by Crippen LogP contribution is 2.17. The van der Waals surface area contributed by atoms with Crippen molar-refractivity contribution >= 4 is 17.7 Å². The van der Waals surface area contributed by atoms with Crippen molar-refractivity contribution in [1.29, 1.82) is 0 Å². The molecule has 0 aliphatic carbocycles. The predicted octanol–water partition coefficient (Wildman–Crippen LogP) is 3.17. The van der Waals surface area contributed by atoms with E-state index in [9.17, 15) is 4.79 Å². The van der Waals surface area contributed by atoms with Gasteiger partial charge in [0.15, 0.2) is 0 Å². The Bertz CT molecular complexity index is 470. The summed E-state index contributed by atoms with van der Waals surface area (Å²) in [6, 6.07) is 20.8. The Balaban J connectivity index is 0.000000211. The first-order chi connectivity index (χ1) is 10.9. The van der Waals surface area contributed by atoms with Gasteiger partial charge in [0.2, 0.25) is 5.91 Å². The molecule has 3 N–H and O–H groups in total. The van der Waals surface area contributed by atoms with Gasteiger partial charge in [0.05, 0.1) is 5.75 Å². The van der Waals surface area contributed by atoms with Crippen LogP contribution in [0.1, 0.15) is 6.42 Å². The van der Waals surface area contributed by atoms with Gasteiger partial charge in [-0.2, -0.15) is 11.8 Å². The molecule has 0 unspecified atom stereocenters. The maximum absolute atomic E-state index is 10.6. The van der Waals surface area contributed by atoms with Crippen LogP contribution >= 0.6 is 11.8 Å². The number of nitrogens with two attached hydrogens (primary N) is 1. The van der Waals surface area contributed by atoms with Crippen LogP contribution in [-0.4, -0.2) is 31.0 Å². The lowest BCUT2D eigenvalue weighted by Crippen LogP contribution is -2.23. The molecule has 0 spiro atoms. The summed E-state index contributed by atoms with van der Waals surface area (Å²) in [5, 5.41) is 2.78. The number of rotatable bonds is 1. The van der Waals surface area contributed by atoms with Gasteiger partial charge >= 0.3 is 0 Å². The minimum absolute atomic E-state index is 0.188. The molecule has 1 amide bonds. The lowest BCUT2D eigenvalue weighted by atomic mass is 10.1. The van der Waals surface area contributed by atoms with Crippen molar-refractivity contribution in [3.63, 3.8) is 0 Å². The molecule has 0 saturated carbocycles. The fourth-order valence-corrected chi connectivity index (χ4v) is 2.66. The zero-order valence-electron chi connectivity index (χ0n) is 13.0. The molecule has 1 aliphatic heterocycles. The highest BCUT2D eigenvalue weighted by Gasteiger charge is 2.03. The van der Waals surface area contributed by atoms with Gasteiger partial charge in [0.1, 0.15) is 0 Å². The second-order valence-electron chi connectivity index (χ2n) is 4.49. The number of carbonyl (C=O) groups excluding carboxylic acids is 1. The molecule has 2 aromatic rings. The third-order valence-electron chi connectivity index (χ3n) is 2.90. The van der Waals surface area contributed by atoms with Crippen molar-refractivity contribution in [3.8, 4) is 11.1 Å². The van der Waals surface area contributed by atoms with E-state index in [-0.39, 0.29) is 5.91 Å². The molecule has 1 heterocycles. The summed E-state index contributed by atoms with van der Waals surface area (Å²) in [4.78, 5) is 10.6. The number of hydrogen-bond acceptors (Lipinski definition) is 3. The molecule has 3 rings (SSSR count). The van der Waals surface area contributed by atoms with Crippen LogP contribution in [0.25, 0.3) is 11.1 Å². The molecule has 3 nitrogen and oxygen atoms in total. The lowest BCUT2D eigenvalue weighted by Gasteiger charge is -1.98. The number of carbonyl (C=O) groups is 1. The summed E-state index contributed by atoms with van der Waals surface area (Å²) in [5.41, 5.74) is 7.05. The molecule has 1 aliphatic rings. The molecule has 1 saturated heterocycles. The van der Waals surface area contributed by atoms with Crippen molar-refractivity contribution in [2.45, 2.75) is 6.42 Å². The molecule has 1 fully saturated rings. The van der Waals surface area contributed by atoms with Crippen LogP contribution in [0.3, 0.4) is 0 Å². The number of nitrogens with one attached hydrogen (secondary N) is 1. The Morgan fingerprint density at radius 3 is 1.91 bits per heavy atom. The topological polar surface area (TPSA) is 55.1 Å². The first-order valence-corrected chi connectivity index (χ1v) is 8.54. The fraction of sp³-hybridized carbons (Fsp3) is 0.278. The van der Waals surface area contributed by atoms with Crippen LogP contribution in [0.5, 0.6) is 0 Å². The molecule has 0 atom stereocenters. The number of hydrogen-bond donors (Lipinski definition) is 2. The largest absolute Gasteiger partial charge is 0.355 e. The monoisotopic (exact) mass is 316 g/mol. The van der Waals surface area contributed by atoms with Gasteiger partial charge in [-0.1, -0.05) is 60.7 Å². The van der Waals surface area contributed by atoms with Gasteiger partial charge in [-0.3, -0.25) is 4.79 Å². The molecular weight excluding hydrogens is 292 g/mol. The van der Waals surface area contributed by atoms with Gasteiger partial charge < -0.3 is 11.1 Å². The fourth-order valence-electron chi connectivity index (χ4n) is 1.88. The number of thioether (sulfide) groups is 1. The van der Waals surface area contributed by atoms with E-state index in [4.69, 9.17) is 0 Å². The van der Waals surface area contributed by atoms with Crippen LogP contribution < -0.4 is 11.1 Å². The first-order valence-electron chi connectivity index (χ1n) is 7.39. The summed E-state index contributed by atoms with van der Waals surface area (Å²) in [7, 11) is 1.50. The van der Waals surface area contributed by atoms with Crippen molar-refractivity contribution in [2.75, 3.05) is 25.1 Å². The minimum Gasteiger partial charge on any atom is -0.355 e. The van der Waals surface area contributed by atoms with Gasteiger partial charge in [0.25, 0.3) is 0 Å². The summed E-state index contributed by atoms with van der Waals surface area (Å²) in [5.74, 6) is 1.96. The van der Waals surface area contributed by atoms with E-state index in [1.165, 1.54) is 18.2 Å². The van der Waals surface area contributed by atoms with Gasteiger partial charge in [-0.15, -0.1) is 0 Å². The second kappa shape index (κ2) is 11.8. The van der Waals surface area contributed by atoms with Crippen molar-refractivity contribution in [2.24, 2.45) is 5.73 Å². The van der Waals surface area contributed by atoms with E-state index in [2.05, 4.69) is 59.6 Å². The van der Waals surface area contributed by atoms with Gasteiger partial charge in [0, 0.05) is 6.54 Å². The van der Waals surface area contributed by atoms with E-state index in [1.54, 1.807) is 11.8 Å². The van der Waals surface area contributed by atoms with Crippen LogP contribution in [0.4, 0.5) is 0 Å². The normalized spacial score (nSPS) is 13.5. The van der Waals surface area contributed by atoms with Gasteiger partial charge in [-0.05, 0) is 30.3 Å². The third-order valence-corrected chi connectivity index (χ3v) is 3.95. The Morgan fingerprint density at radius 1 is 0.909 bits per heavy atom. The van der Waals surface area contributed by atoms with Crippen LogP contribution in [0.15, 0.2) is 60.7 Å². The van der Waals surface area contributed by atoms with E-state index in [0.29, 0.717) is 5.75 Å². The summed E-state index contributed by atoms with van der Waals surface area (Å²) in [6.45, 7) is 0.867. The van der Waals surface area contributed by atoms with E-state index < -0.39 is 0 Å². The van der Waals surface area contributed by atoms with Gasteiger partial charge in [-0.25, -0.2) is 0 Å². The Labute approximate surface area is 137 Å². The van der Waals surface area contributed by atoms with Crippen molar-refractivity contribution in [3.05, 3.63) is 60.7 Å². The quantitative estimate of drug-likeness (QED) is 0.849. The average Bonchev–Trinajstić information content (AvgIpc) is 2.86. The molecule has 4 heteroatoms. The van der Waals surface area contributed by atoms with Crippen LogP contribution in [-0.2, 0) is 4.79 Å². The first kappa shape index (κ1) is 18.3. The zero-order chi connectivity index (χ0) is 16.0. The van der Waals surface area contributed by atoms with E-state index in [0.717, 1.165) is 18.7 Å². The highest BCUT2D eigenvalue weighted by molar-refractivity contribution is 7.99. The maximum atomic E-state index is 10.6.